The molecule has 1 rings (SSSR count). The summed E-state index contributed by atoms with van der Waals surface area (Å²) in [6, 6.07) is 7.95. The van der Waals surface area contributed by atoms with Crippen LogP contribution >= 0.6 is 0 Å². The Balaban J connectivity index is 2.81. The van der Waals surface area contributed by atoms with Crippen LogP contribution < -0.4 is 9.86 Å². The topological polar surface area (TPSA) is 98.5 Å². The molecular weight excluding hydrogens is 244 g/mol. The van der Waals surface area contributed by atoms with Crippen LogP contribution in [0.15, 0.2) is 30.3 Å². The molecule has 6 nitrogen and oxygen atoms in total. The van der Waals surface area contributed by atoms with Crippen molar-refractivity contribution in [2.75, 3.05) is 7.11 Å². The van der Waals surface area contributed by atoms with Crippen LogP contribution in [0.3, 0.4) is 0 Å². The monoisotopic (exact) mass is 258 g/mol. The van der Waals surface area contributed by atoms with Gasteiger partial charge in [0.05, 0.1) is 7.11 Å². The van der Waals surface area contributed by atoms with Crippen LogP contribution in [0.25, 0.3) is 0 Å². The van der Waals surface area contributed by atoms with Crippen molar-refractivity contribution < 1.29 is 17.9 Å². The number of rotatable bonds is 5. The smallest absolute Gasteiger partial charge is 0.324 e. The Hall–Kier alpha value is -1.44. The molecule has 0 saturated heterocycles. The Bertz CT molecular complexity index is 472. The van der Waals surface area contributed by atoms with Gasteiger partial charge in [0, 0.05) is 0 Å². The van der Waals surface area contributed by atoms with Crippen molar-refractivity contribution in [2.45, 2.75) is 12.5 Å². The van der Waals surface area contributed by atoms with E-state index < -0.39 is 22.2 Å². The molecule has 1 unspecified atom stereocenters. The van der Waals surface area contributed by atoms with Crippen LogP contribution in [0.1, 0.15) is 5.56 Å². The van der Waals surface area contributed by atoms with Crippen molar-refractivity contribution in [2.24, 2.45) is 5.14 Å². The molecule has 0 bridgehead atoms. The number of hydrogen-bond acceptors (Lipinski definition) is 4. The third-order valence-electron chi connectivity index (χ3n) is 2.07. The van der Waals surface area contributed by atoms with Gasteiger partial charge >= 0.3 is 5.97 Å². The summed E-state index contributed by atoms with van der Waals surface area (Å²) in [5.41, 5.74) is 0.805. The summed E-state index contributed by atoms with van der Waals surface area (Å²) in [5, 5.41) is 4.84. The minimum atomic E-state index is -3.95. The van der Waals surface area contributed by atoms with E-state index in [0.717, 1.165) is 5.56 Å². The Kier molecular flexibility index (Phi) is 4.62. The van der Waals surface area contributed by atoms with Gasteiger partial charge in [0.2, 0.25) is 0 Å². The zero-order chi connectivity index (χ0) is 12.9. The van der Waals surface area contributed by atoms with Gasteiger partial charge in [-0.25, -0.2) is 5.14 Å². The lowest BCUT2D eigenvalue weighted by Crippen LogP contribution is -2.45. The number of benzene rings is 1. The van der Waals surface area contributed by atoms with Crippen LogP contribution in [-0.4, -0.2) is 27.5 Å². The van der Waals surface area contributed by atoms with Gasteiger partial charge in [-0.3, -0.25) is 4.79 Å². The minimum Gasteiger partial charge on any atom is -0.468 e. The van der Waals surface area contributed by atoms with Crippen LogP contribution in [0, 0.1) is 0 Å². The van der Waals surface area contributed by atoms with E-state index in [1.54, 1.807) is 24.3 Å². The first-order valence-corrected chi connectivity index (χ1v) is 6.39. The number of carbonyl (C=O) groups excluding carboxylic acids is 1. The van der Waals surface area contributed by atoms with E-state index in [4.69, 9.17) is 5.14 Å². The average molecular weight is 258 g/mol. The van der Waals surface area contributed by atoms with Gasteiger partial charge < -0.3 is 4.74 Å². The van der Waals surface area contributed by atoms with Crippen LogP contribution in [-0.2, 0) is 26.2 Å². The van der Waals surface area contributed by atoms with Crippen molar-refractivity contribution in [1.29, 1.82) is 0 Å². The van der Waals surface area contributed by atoms with E-state index in [0.29, 0.717) is 0 Å². The van der Waals surface area contributed by atoms with Gasteiger partial charge in [0.25, 0.3) is 10.2 Å². The van der Waals surface area contributed by atoms with Crippen LogP contribution in [0.2, 0.25) is 0 Å². The quantitative estimate of drug-likeness (QED) is 0.700. The molecule has 7 heteroatoms. The molecule has 0 radical (unpaired) electrons. The van der Waals surface area contributed by atoms with Crippen molar-refractivity contribution >= 4 is 16.2 Å². The molecule has 3 N–H and O–H groups in total. The van der Waals surface area contributed by atoms with Crippen molar-refractivity contribution in [3.8, 4) is 0 Å². The lowest BCUT2D eigenvalue weighted by atomic mass is 10.1. The molecule has 0 fully saturated rings. The Morgan fingerprint density at radius 2 is 2.00 bits per heavy atom. The van der Waals surface area contributed by atoms with Gasteiger partial charge in [0.1, 0.15) is 6.04 Å². The number of ether oxygens (including phenoxy) is 1. The standard InChI is InChI=1S/C10H14N2O4S/c1-16-10(13)9(12-17(11,14)15)7-8-5-3-2-4-6-8/h2-6,9,12H,7H2,1H3,(H2,11,14,15). The van der Waals surface area contributed by atoms with Gasteiger partial charge in [0.15, 0.2) is 0 Å². The molecule has 0 spiro atoms. The van der Waals surface area contributed by atoms with E-state index in [1.165, 1.54) is 7.11 Å². The Labute approximate surface area is 100.0 Å². The molecule has 0 aliphatic carbocycles. The molecule has 0 aliphatic rings. The highest BCUT2D eigenvalue weighted by Crippen LogP contribution is 2.04. The normalized spacial score (nSPS) is 13.1. The van der Waals surface area contributed by atoms with E-state index in [-0.39, 0.29) is 6.42 Å². The zero-order valence-corrected chi connectivity index (χ0v) is 10.1. The van der Waals surface area contributed by atoms with Gasteiger partial charge in [-0.15, -0.1) is 0 Å². The van der Waals surface area contributed by atoms with Gasteiger partial charge in [-0.2, -0.15) is 13.1 Å². The first-order valence-electron chi connectivity index (χ1n) is 4.84. The molecule has 0 heterocycles. The van der Waals surface area contributed by atoms with Crippen LogP contribution in [0.4, 0.5) is 0 Å². The Morgan fingerprint density at radius 1 is 1.41 bits per heavy atom. The molecule has 1 aromatic carbocycles. The predicted octanol–water partition coefficient (Wildman–Crippen LogP) is -0.436. The first kappa shape index (κ1) is 13.6. The lowest BCUT2D eigenvalue weighted by molar-refractivity contribution is -0.142. The maximum absolute atomic E-state index is 11.4. The summed E-state index contributed by atoms with van der Waals surface area (Å²) < 4.78 is 28.4. The second-order valence-corrected chi connectivity index (χ2v) is 4.75. The molecule has 1 aromatic rings. The second-order valence-electron chi connectivity index (χ2n) is 3.43. The van der Waals surface area contributed by atoms with E-state index >= 15 is 0 Å². The average Bonchev–Trinajstić information content (AvgIpc) is 2.27. The van der Waals surface area contributed by atoms with Gasteiger partial charge in [-0.1, -0.05) is 30.3 Å². The summed E-state index contributed by atoms with van der Waals surface area (Å²) in [5.74, 6) is -0.678. The fourth-order valence-electron chi connectivity index (χ4n) is 1.36. The molecule has 0 aromatic heterocycles. The predicted molar refractivity (Wildman–Crippen MR) is 62.2 cm³/mol. The first-order chi connectivity index (χ1) is 7.92. The molecule has 17 heavy (non-hydrogen) atoms. The van der Waals surface area contributed by atoms with E-state index in [9.17, 15) is 13.2 Å². The number of nitrogens with one attached hydrogen (secondary N) is 1. The third-order valence-corrected chi connectivity index (χ3v) is 2.69. The molecular formula is C10H14N2O4S. The fourth-order valence-corrected chi connectivity index (χ4v) is 1.94. The summed E-state index contributed by atoms with van der Waals surface area (Å²) in [6.45, 7) is 0. The van der Waals surface area contributed by atoms with E-state index in [1.807, 2.05) is 10.8 Å². The summed E-state index contributed by atoms with van der Waals surface area (Å²) in [4.78, 5) is 11.4. The Morgan fingerprint density at radius 3 is 2.47 bits per heavy atom. The summed E-state index contributed by atoms with van der Waals surface area (Å²) in [7, 11) is -2.76. The zero-order valence-electron chi connectivity index (χ0n) is 9.29. The summed E-state index contributed by atoms with van der Waals surface area (Å²) >= 11 is 0. The molecule has 0 amide bonds. The number of carbonyl (C=O) groups is 1. The lowest BCUT2D eigenvalue weighted by Gasteiger charge is -2.14. The second kappa shape index (κ2) is 5.76. The van der Waals surface area contributed by atoms with Crippen LogP contribution in [0.5, 0.6) is 0 Å². The number of esters is 1. The fraction of sp³-hybridized carbons (Fsp3) is 0.300. The SMILES string of the molecule is COC(=O)C(Cc1ccccc1)NS(N)(=O)=O. The molecule has 0 saturated carbocycles. The van der Waals surface area contributed by atoms with Gasteiger partial charge in [-0.05, 0) is 12.0 Å². The highest BCUT2D eigenvalue weighted by atomic mass is 32.2. The van der Waals surface area contributed by atoms with Crippen molar-refractivity contribution in [3.05, 3.63) is 35.9 Å². The minimum absolute atomic E-state index is 0.184. The number of nitrogens with two attached hydrogens (primary N) is 1. The third kappa shape index (κ3) is 4.94. The molecule has 0 aliphatic heterocycles. The number of hydrogen-bond donors (Lipinski definition) is 2. The maximum Gasteiger partial charge on any atom is 0.324 e. The molecule has 94 valence electrons. The van der Waals surface area contributed by atoms with E-state index in [2.05, 4.69) is 4.74 Å². The van der Waals surface area contributed by atoms with Crippen molar-refractivity contribution in [3.63, 3.8) is 0 Å². The molecule has 1 atom stereocenters. The highest BCUT2D eigenvalue weighted by Gasteiger charge is 2.23. The highest BCUT2D eigenvalue weighted by molar-refractivity contribution is 7.87. The summed E-state index contributed by atoms with van der Waals surface area (Å²) in [6.07, 6.45) is 0.184. The van der Waals surface area contributed by atoms with Crippen molar-refractivity contribution in [1.82, 2.24) is 4.72 Å². The number of methoxy groups -OCH3 is 1. The maximum atomic E-state index is 11.4. The largest absolute Gasteiger partial charge is 0.468 e.